The first-order valence-corrected chi connectivity index (χ1v) is 10.3. The third-order valence-corrected chi connectivity index (χ3v) is 5.56. The molecule has 0 fully saturated rings. The van der Waals surface area contributed by atoms with Gasteiger partial charge in [0, 0.05) is 25.1 Å². The van der Waals surface area contributed by atoms with Crippen LogP contribution in [0.25, 0.3) is 11.3 Å². The second-order valence-corrected chi connectivity index (χ2v) is 7.73. The molecular weight excluding hydrogens is 427 g/mol. The number of thiophene rings is 1. The first-order valence-electron chi connectivity index (χ1n) is 9.45. The molecule has 0 amide bonds. The van der Waals surface area contributed by atoms with E-state index in [9.17, 15) is 13.2 Å². The summed E-state index contributed by atoms with van der Waals surface area (Å²) in [5.74, 6) is 4.93. The van der Waals surface area contributed by atoms with Crippen molar-refractivity contribution >= 4 is 11.3 Å². The highest BCUT2D eigenvalue weighted by Crippen LogP contribution is 2.34. The molecule has 0 aliphatic carbocycles. The van der Waals surface area contributed by atoms with Crippen molar-refractivity contribution in [2.45, 2.75) is 32.2 Å². The molecule has 1 unspecified atom stereocenters. The Bertz CT molecular complexity index is 1080. The summed E-state index contributed by atoms with van der Waals surface area (Å²) in [6.45, 7) is 2.33. The highest BCUT2D eigenvalue weighted by molar-refractivity contribution is 7.10. The molecule has 1 N–H and O–H groups in total. The van der Waals surface area contributed by atoms with Crippen LogP contribution in [-0.4, -0.2) is 14.2 Å². The fraction of sp³-hybridized carbons (Fsp3) is 0.304. The number of hydrogen-bond acceptors (Lipinski definition) is 5. The normalized spacial score (nSPS) is 12.2. The molecule has 2 heterocycles. The molecule has 4 nitrogen and oxygen atoms in total. The Kier molecular flexibility index (Phi) is 7.31. The number of nitrogens with one attached hydrogen (secondary N) is 1. The molecule has 0 radical (unpaired) electrons. The van der Waals surface area contributed by atoms with E-state index >= 15 is 0 Å². The standard InChI is InChI=1S/C23H22F3NO3S/c1-15(27-10-4-5-16-11-22(31-14-16)23(24,25)26)20-8-9-21(30-20)19-12-18(29-3)7-6-17(19)13-28-2/h6-9,11-12,14-15,27H,5,13H2,1-3H3. The van der Waals surface area contributed by atoms with E-state index in [1.54, 1.807) is 14.2 Å². The van der Waals surface area contributed by atoms with Crippen LogP contribution in [0.2, 0.25) is 0 Å². The van der Waals surface area contributed by atoms with Crippen LogP contribution in [0, 0.1) is 12.0 Å². The predicted octanol–water partition coefficient (Wildman–Crippen LogP) is 6.04. The third kappa shape index (κ3) is 5.84. The zero-order valence-corrected chi connectivity index (χ0v) is 18.1. The molecule has 0 aliphatic heterocycles. The van der Waals surface area contributed by atoms with Gasteiger partial charge >= 0.3 is 6.18 Å². The largest absolute Gasteiger partial charge is 0.497 e. The number of alkyl halides is 3. The van der Waals surface area contributed by atoms with Gasteiger partial charge in [-0.15, -0.1) is 11.3 Å². The van der Waals surface area contributed by atoms with Gasteiger partial charge in [-0.25, -0.2) is 0 Å². The van der Waals surface area contributed by atoms with E-state index in [-0.39, 0.29) is 12.5 Å². The van der Waals surface area contributed by atoms with Crippen molar-refractivity contribution in [2.24, 2.45) is 0 Å². The maximum atomic E-state index is 12.7. The Morgan fingerprint density at radius 2 is 1.97 bits per heavy atom. The molecule has 1 aromatic carbocycles. The zero-order valence-electron chi connectivity index (χ0n) is 17.3. The Labute approximate surface area is 183 Å². The summed E-state index contributed by atoms with van der Waals surface area (Å²) < 4.78 is 54.6. The van der Waals surface area contributed by atoms with Crippen LogP contribution in [0.3, 0.4) is 0 Å². The van der Waals surface area contributed by atoms with Crippen LogP contribution >= 0.6 is 11.3 Å². The van der Waals surface area contributed by atoms with Crippen LogP contribution in [0.1, 0.15) is 34.7 Å². The number of methoxy groups -OCH3 is 2. The molecule has 2 aromatic heterocycles. The minimum absolute atomic E-state index is 0.203. The van der Waals surface area contributed by atoms with E-state index in [2.05, 4.69) is 17.3 Å². The van der Waals surface area contributed by atoms with Crippen LogP contribution in [-0.2, 0) is 23.9 Å². The Balaban J connectivity index is 1.66. The van der Waals surface area contributed by atoms with Crippen molar-refractivity contribution in [3.05, 3.63) is 63.5 Å². The van der Waals surface area contributed by atoms with Crippen LogP contribution in [0.5, 0.6) is 5.75 Å². The quantitative estimate of drug-likeness (QED) is 0.353. The lowest BCUT2D eigenvalue weighted by Crippen LogP contribution is -2.11. The van der Waals surface area contributed by atoms with Gasteiger partial charge in [-0.05, 0) is 53.8 Å². The van der Waals surface area contributed by atoms with Crippen molar-refractivity contribution in [1.82, 2.24) is 5.32 Å². The van der Waals surface area contributed by atoms with E-state index in [0.717, 1.165) is 17.2 Å². The van der Waals surface area contributed by atoms with Gasteiger partial charge in [0.15, 0.2) is 0 Å². The summed E-state index contributed by atoms with van der Waals surface area (Å²) in [5.41, 5.74) is 2.39. The maximum absolute atomic E-state index is 12.7. The van der Waals surface area contributed by atoms with Crippen molar-refractivity contribution in [3.63, 3.8) is 0 Å². The molecule has 0 saturated heterocycles. The first-order chi connectivity index (χ1) is 14.8. The monoisotopic (exact) mass is 449 g/mol. The molecule has 8 heteroatoms. The second-order valence-electron chi connectivity index (χ2n) is 6.82. The van der Waals surface area contributed by atoms with Crippen LogP contribution < -0.4 is 10.1 Å². The molecule has 3 rings (SSSR count). The number of hydrogen-bond donors (Lipinski definition) is 1. The minimum Gasteiger partial charge on any atom is -0.497 e. The predicted molar refractivity (Wildman–Crippen MR) is 114 cm³/mol. The fourth-order valence-corrected chi connectivity index (χ4v) is 3.70. The molecule has 164 valence electrons. The fourth-order valence-electron chi connectivity index (χ4n) is 2.92. The van der Waals surface area contributed by atoms with Crippen LogP contribution in [0.4, 0.5) is 13.2 Å². The molecule has 31 heavy (non-hydrogen) atoms. The van der Waals surface area contributed by atoms with Gasteiger partial charge in [0.1, 0.15) is 22.1 Å². The summed E-state index contributed by atoms with van der Waals surface area (Å²) >= 11 is 0.679. The minimum atomic E-state index is -4.31. The summed E-state index contributed by atoms with van der Waals surface area (Å²) in [4.78, 5) is -0.612. The highest BCUT2D eigenvalue weighted by atomic mass is 32.1. The lowest BCUT2D eigenvalue weighted by molar-refractivity contribution is -0.134. The highest BCUT2D eigenvalue weighted by Gasteiger charge is 2.32. The molecule has 0 bridgehead atoms. The number of ether oxygens (including phenoxy) is 2. The van der Waals surface area contributed by atoms with Gasteiger partial charge in [-0.2, -0.15) is 13.2 Å². The summed E-state index contributed by atoms with van der Waals surface area (Å²) in [5, 5.41) is 4.49. The average molecular weight is 449 g/mol. The van der Waals surface area contributed by atoms with Crippen molar-refractivity contribution < 1.29 is 27.1 Å². The maximum Gasteiger partial charge on any atom is 0.425 e. The van der Waals surface area contributed by atoms with Gasteiger partial charge < -0.3 is 19.2 Å². The van der Waals surface area contributed by atoms with E-state index < -0.39 is 11.1 Å². The van der Waals surface area contributed by atoms with Gasteiger partial charge in [0.25, 0.3) is 0 Å². The van der Waals surface area contributed by atoms with E-state index in [1.165, 1.54) is 5.38 Å². The van der Waals surface area contributed by atoms with E-state index in [0.29, 0.717) is 40.8 Å². The smallest absolute Gasteiger partial charge is 0.425 e. The number of benzene rings is 1. The first kappa shape index (κ1) is 22.8. The average Bonchev–Trinajstić information content (AvgIpc) is 3.41. The molecular formula is C23H22F3NO3S. The SMILES string of the molecule is COCc1ccc(OC)cc1-c1ccc(C(C)NC#CCc2csc(C(F)(F)F)c2)o1. The second kappa shape index (κ2) is 9.94. The molecule has 0 aliphatic rings. The zero-order chi connectivity index (χ0) is 22.4. The summed E-state index contributed by atoms with van der Waals surface area (Å²) in [6, 6.07) is 13.2. The van der Waals surface area contributed by atoms with Gasteiger partial charge in [-0.3, -0.25) is 0 Å². The Hall–Kier alpha value is -2.89. The van der Waals surface area contributed by atoms with Crippen molar-refractivity contribution in [3.8, 4) is 29.0 Å². The topological polar surface area (TPSA) is 43.6 Å². The van der Waals surface area contributed by atoms with E-state index in [4.69, 9.17) is 13.9 Å². The number of halogens is 3. The Morgan fingerprint density at radius 1 is 1.16 bits per heavy atom. The lowest BCUT2D eigenvalue weighted by Gasteiger charge is -2.10. The van der Waals surface area contributed by atoms with Gasteiger partial charge in [0.05, 0.1) is 19.8 Å². The van der Waals surface area contributed by atoms with Crippen molar-refractivity contribution in [1.29, 1.82) is 0 Å². The molecule has 0 saturated carbocycles. The Morgan fingerprint density at radius 3 is 2.65 bits per heavy atom. The number of rotatable bonds is 7. The summed E-state index contributed by atoms with van der Waals surface area (Å²) in [7, 11) is 3.24. The lowest BCUT2D eigenvalue weighted by atomic mass is 10.1. The summed E-state index contributed by atoms with van der Waals surface area (Å²) in [6.07, 6.45) is -4.08. The number of furan rings is 1. The van der Waals surface area contributed by atoms with Gasteiger partial charge in [0.2, 0.25) is 0 Å². The molecule has 0 spiro atoms. The van der Waals surface area contributed by atoms with Crippen LogP contribution in [0.15, 0.2) is 46.2 Å². The molecule has 3 aromatic rings. The third-order valence-electron chi connectivity index (χ3n) is 4.54. The van der Waals surface area contributed by atoms with Crippen molar-refractivity contribution in [2.75, 3.05) is 14.2 Å². The van der Waals surface area contributed by atoms with Gasteiger partial charge in [-0.1, -0.05) is 12.0 Å². The molecule has 1 atom stereocenters. The van der Waals surface area contributed by atoms with E-state index in [1.807, 2.05) is 37.3 Å².